The van der Waals surface area contributed by atoms with Crippen molar-refractivity contribution in [1.29, 1.82) is 0 Å². The number of benzene rings is 1. The first kappa shape index (κ1) is 9.70. The van der Waals surface area contributed by atoms with Crippen LogP contribution in [0, 0.1) is 0 Å². The van der Waals surface area contributed by atoms with Gasteiger partial charge in [-0.15, -0.1) is 0 Å². The summed E-state index contributed by atoms with van der Waals surface area (Å²) in [5, 5.41) is 2.72. The maximum atomic E-state index is 12.4. The number of hydrogen-bond donors (Lipinski definition) is 0. The number of carbonyl (C=O) groups is 1. The van der Waals surface area contributed by atoms with E-state index in [1.807, 2.05) is 0 Å². The molecule has 1 heterocycles. The summed E-state index contributed by atoms with van der Waals surface area (Å²) in [6.45, 7) is 0. The molecule has 0 amide bonds. The lowest BCUT2D eigenvalue weighted by Crippen LogP contribution is -2.05. The van der Waals surface area contributed by atoms with E-state index in [0.717, 1.165) is 6.07 Å². The smallest absolute Gasteiger partial charge is 0.356 e. The molecule has 0 saturated heterocycles. The summed E-state index contributed by atoms with van der Waals surface area (Å²) in [5.74, 6) is 0. The summed E-state index contributed by atoms with van der Waals surface area (Å²) in [6, 6.07) is 3.74. The Morgan fingerprint density at radius 1 is 1.33 bits per heavy atom. The third kappa shape index (κ3) is 1.58. The van der Waals surface area contributed by atoms with Gasteiger partial charge in [0.25, 0.3) is 0 Å². The monoisotopic (exact) mass is 215 g/mol. The van der Waals surface area contributed by atoms with E-state index in [2.05, 4.69) is 9.68 Å². The molecule has 2 rings (SSSR count). The van der Waals surface area contributed by atoms with E-state index in [9.17, 15) is 18.0 Å². The Morgan fingerprint density at radius 3 is 2.67 bits per heavy atom. The van der Waals surface area contributed by atoms with Crippen molar-refractivity contribution in [1.82, 2.24) is 5.16 Å². The van der Waals surface area contributed by atoms with Gasteiger partial charge in [-0.3, -0.25) is 4.79 Å². The number of aromatic nitrogens is 1. The number of rotatable bonds is 1. The fourth-order valence-electron chi connectivity index (χ4n) is 1.23. The molecule has 0 saturated carbocycles. The summed E-state index contributed by atoms with van der Waals surface area (Å²) in [4.78, 5) is 10.4. The number of halogens is 3. The summed E-state index contributed by atoms with van der Waals surface area (Å²) in [6.07, 6.45) is -4.11. The lowest BCUT2D eigenvalue weighted by Gasteiger charge is -2.00. The predicted octanol–water partition coefficient (Wildman–Crippen LogP) is 2.66. The SMILES string of the molecule is O=Cc1ccc2onc(C(F)(F)F)c2c1. The minimum Gasteiger partial charge on any atom is -0.356 e. The highest BCUT2D eigenvalue weighted by Crippen LogP contribution is 2.34. The minimum atomic E-state index is -4.58. The Bertz CT molecular complexity index is 516. The van der Waals surface area contributed by atoms with Gasteiger partial charge < -0.3 is 4.52 Å². The molecule has 0 aliphatic rings. The first-order chi connectivity index (χ1) is 7.02. The molecule has 78 valence electrons. The highest BCUT2D eigenvalue weighted by molar-refractivity contribution is 5.87. The second-order valence-corrected chi connectivity index (χ2v) is 2.90. The van der Waals surface area contributed by atoms with Crippen molar-refractivity contribution in [3.8, 4) is 0 Å². The number of nitrogens with zero attached hydrogens (tertiary/aromatic N) is 1. The molecule has 6 heteroatoms. The van der Waals surface area contributed by atoms with Crippen LogP contribution >= 0.6 is 0 Å². The van der Waals surface area contributed by atoms with Gasteiger partial charge in [0, 0.05) is 5.56 Å². The van der Waals surface area contributed by atoms with E-state index in [4.69, 9.17) is 0 Å². The second-order valence-electron chi connectivity index (χ2n) is 2.90. The number of alkyl halides is 3. The highest BCUT2D eigenvalue weighted by Gasteiger charge is 2.36. The second kappa shape index (κ2) is 3.08. The summed E-state index contributed by atoms with van der Waals surface area (Å²) in [7, 11) is 0. The van der Waals surface area contributed by atoms with Crippen LogP contribution < -0.4 is 0 Å². The summed E-state index contributed by atoms with van der Waals surface area (Å²) < 4.78 is 41.6. The lowest BCUT2D eigenvalue weighted by atomic mass is 10.1. The van der Waals surface area contributed by atoms with E-state index in [1.54, 1.807) is 0 Å². The zero-order valence-electron chi connectivity index (χ0n) is 7.21. The van der Waals surface area contributed by atoms with E-state index in [0.29, 0.717) is 6.29 Å². The first-order valence-corrected chi connectivity index (χ1v) is 3.94. The van der Waals surface area contributed by atoms with E-state index >= 15 is 0 Å². The van der Waals surface area contributed by atoms with E-state index in [-0.39, 0.29) is 16.5 Å². The number of hydrogen-bond acceptors (Lipinski definition) is 3. The van der Waals surface area contributed by atoms with Crippen LogP contribution in [0.3, 0.4) is 0 Å². The van der Waals surface area contributed by atoms with Crippen molar-refractivity contribution < 1.29 is 22.5 Å². The van der Waals surface area contributed by atoms with Gasteiger partial charge in [-0.2, -0.15) is 13.2 Å². The fraction of sp³-hybridized carbons (Fsp3) is 0.111. The first-order valence-electron chi connectivity index (χ1n) is 3.94. The van der Waals surface area contributed by atoms with Gasteiger partial charge in [0.05, 0.1) is 5.39 Å². The van der Waals surface area contributed by atoms with Gasteiger partial charge in [0.2, 0.25) is 0 Å². The molecule has 0 aliphatic heterocycles. The largest absolute Gasteiger partial charge is 0.437 e. The van der Waals surface area contributed by atoms with Gasteiger partial charge in [-0.25, -0.2) is 0 Å². The van der Waals surface area contributed by atoms with Crippen LogP contribution in [0.1, 0.15) is 16.1 Å². The molecule has 0 bridgehead atoms. The molecule has 3 nitrogen and oxygen atoms in total. The summed E-state index contributed by atoms with van der Waals surface area (Å²) >= 11 is 0. The Labute approximate surface area is 81.5 Å². The molecule has 0 atom stereocenters. The predicted molar refractivity (Wildman–Crippen MR) is 44.4 cm³/mol. The van der Waals surface area contributed by atoms with Gasteiger partial charge >= 0.3 is 6.18 Å². The Balaban J connectivity index is 2.72. The third-order valence-corrected chi connectivity index (χ3v) is 1.90. The molecule has 2 aromatic rings. The van der Waals surface area contributed by atoms with Crippen LogP contribution in [0.15, 0.2) is 22.7 Å². The molecule has 0 N–H and O–H groups in total. The molecule has 1 aromatic carbocycles. The molecule has 15 heavy (non-hydrogen) atoms. The van der Waals surface area contributed by atoms with Crippen LogP contribution in [0.25, 0.3) is 11.0 Å². The maximum absolute atomic E-state index is 12.4. The zero-order chi connectivity index (χ0) is 11.1. The molecular weight excluding hydrogens is 211 g/mol. The van der Waals surface area contributed by atoms with Crippen LogP contribution in [0.2, 0.25) is 0 Å². The lowest BCUT2D eigenvalue weighted by molar-refractivity contribution is -0.141. The molecule has 0 unspecified atom stereocenters. The topological polar surface area (TPSA) is 43.1 Å². The van der Waals surface area contributed by atoms with Crippen LogP contribution in [-0.2, 0) is 6.18 Å². The zero-order valence-corrected chi connectivity index (χ0v) is 7.21. The van der Waals surface area contributed by atoms with Gasteiger partial charge in [-0.05, 0) is 18.2 Å². The average molecular weight is 215 g/mol. The van der Waals surface area contributed by atoms with Crippen LogP contribution in [-0.4, -0.2) is 11.4 Å². The number of fused-ring (bicyclic) bond motifs is 1. The van der Waals surface area contributed by atoms with Crippen molar-refractivity contribution in [2.45, 2.75) is 6.18 Å². The van der Waals surface area contributed by atoms with Crippen LogP contribution in [0.5, 0.6) is 0 Å². The normalized spacial score (nSPS) is 11.9. The molecule has 0 spiro atoms. The number of carbonyl (C=O) groups excluding carboxylic acids is 1. The third-order valence-electron chi connectivity index (χ3n) is 1.90. The molecule has 1 aromatic heterocycles. The summed E-state index contributed by atoms with van der Waals surface area (Å²) in [5.41, 5.74) is -0.953. The minimum absolute atomic E-state index is 0.00734. The maximum Gasteiger partial charge on any atom is 0.437 e. The molecule has 0 fully saturated rings. The fourth-order valence-corrected chi connectivity index (χ4v) is 1.23. The molecular formula is C9H4F3NO2. The van der Waals surface area contributed by atoms with Crippen molar-refractivity contribution >= 4 is 17.3 Å². The van der Waals surface area contributed by atoms with Gasteiger partial charge in [0.15, 0.2) is 11.3 Å². The van der Waals surface area contributed by atoms with Crippen molar-refractivity contribution in [2.24, 2.45) is 0 Å². The van der Waals surface area contributed by atoms with Crippen molar-refractivity contribution in [3.05, 3.63) is 29.5 Å². The van der Waals surface area contributed by atoms with Gasteiger partial charge in [0.1, 0.15) is 6.29 Å². The molecule has 0 radical (unpaired) electrons. The number of aldehydes is 1. The average Bonchev–Trinajstić information content (AvgIpc) is 2.59. The van der Waals surface area contributed by atoms with E-state index in [1.165, 1.54) is 12.1 Å². The van der Waals surface area contributed by atoms with E-state index < -0.39 is 11.9 Å². The van der Waals surface area contributed by atoms with Crippen molar-refractivity contribution in [3.63, 3.8) is 0 Å². The van der Waals surface area contributed by atoms with Crippen molar-refractivity contribution in [2.75, 3.05) is 0 Å². The highest BCUT2D eigenvalue weighted by atomic mass is 19.4. The Morgan fingerprint density at radius 2 is 2.07 bits per heavy atom. The van der Waals surface area contributed by atoms with Gasteiger partial charge in [-0.1, -0.05) is 5.16 Å². The Kier molecular flexibility index (Phi) is 1.99. The quantitative estimate of drug-likeness (QED) is 0.687. The molecule has 0 aliphatic carbocycles. The van der Waals surface area contributed by atoms with Crippen LogP contribution in [0.4, 0.5) is 13.2 Å². The standard InChI is InChI=1S/C9H4F3NO2/c10-9(11,12)8-6-3-5(4-14)1-2-7(6)15-13-8/h1-4H. The Hall–Kier alpha value is -1.85.